The molecule has 1 aromatic rings. The molecule has 0 bridgehead atoms. The Bertz CT molecular complexity index is 518. The van der Waals surface area contributed by atoms with E-state index in [4.69, 9.17) is 0 Å². The first-order chi connectivity index (χ1) is 9.83. The van der Waals surface area contributed by atoms with Gasteiger partial charge >= 0.3 is 5.97 Å². The van der Waals surface area contributed by atoms with Crippen LogP contribution in [0.5, 0.6) is 0 Å². The number of aryl methyl sites for hydroxylation is 1. The summed E-state index contributed by atoms with van der Waals surface area (Å²) in [5, 5.41) is 2.86. The van der Waals surface area contributed by atoms with Crippen molar-refractivity contribution in [2.45, 2.75) is 26.8 Å². The van der Waals surface area contributed by atoms with Gasteiger partial charge in [-0.15, -0.1) is 0 Å². The van der Waals surface area contributed by atoms with Crippen molar-refractivity contribution in [2.24, 2.45) is 0 Å². The fourth-order valence-corrected chi connectivity index (χ4v) is 2.27. The number of nitrogens with one attached hydrogen (secondary N) is 1. The van der Waals surface area contributed by atoms with Crippen molar-refractivity contribution >= 4 is 33.5 Å². The van der Waals surface area contributed by atoms with Gasteiger partial charge in [-0.1, -0.05) is 15.9 Å². The zero-order valence-electron chi connectivity index (χ0n) is 12.8. The molecule has 1 rings (SSSR count). The van der Waals surface area contributed by atoms with Crippen LogP contribution in [0.4, 0.5) is 5.69 Å². The van der Waals surface area contributed by atoms with Crippen molar-refractivity contribution in [3.05, 3.63) is 28.2 Å². The van der Waals surface area contributed by atoms with Gasteiger partial charge in [-0.3, -0.25) is 14.5 Å². The van der Waals surface area contributed by atoms with Crippen LogP contribution in [0.3, 0.4) is 0 Å². The fraction of sp³-hybridized carbons (Fsp3) is 0.467. The lowest BCUT2D eigenvalue weighted by atomic mass is 10.2. The lowest BCUT2D eigenvalue weighted by Gasteiger charge is -2.24. The largest absolute Gasteiger partial charge is 0.468 e. The normalized spacial score (nSPS) is 10.8. The molecule has 1 N–H and O–H groups in total. The number of anilines is 1. The average molecular weight is 357 g/mol. The van der Waals surface area contributed by atoms with Gasteiger partial charge in [0.15, 0.2) is 0 Å². The number of ether oxygens (including phenoxy) is 1. The molecule has 21 heavy (non-hydrogen) atoms. The van der Waals surface area contributed by atoms with Gasteiger partial charge in [0.2, 0.25) is 5.91 Å². The van der Waals surface area contributed by atoms with Crippen LogP contribution >= 0.6 is 15.9 Å². The number of benzene rings is 1. The number of carbonyl (C=O) groups excluding carboxylic acids is 2. The maximum Gasteiger partial charge on any atom is 0.319 e. The number of esters is 1. The predicted molar refractivity (Wildman–Crippen MR) is 86.2 cm³/mol. The van der Waals surface area contributed by atoms with Crippen molar-refractivity contribution in [1.29, 1.82) is 0 Å². The first kappa shape index (κ1) is 17.7. The molecule has 0 unspecified atom stereocenters. The number of amides is 1. The van der Waals surface area contributed by atoms with Crippen molar-refractivity contribution in [1.82, 2.24) is 4.90 Å². The third-order valence-electron chi connectivity index (χ3n) is 3.10. The van der Waals surface area contributed by atoms with Crippen LogP contribution < -0.4 is 5.32 Å². The Kier molecular flexibility index (Phi) is 6.84. The van der Waals surface area contributed by atoms with Crippen LogP contribution in [0.2, 0.25) is 0 Å². The zero-order valence-corrected chi connectivity index (χ0v) is 14.4. The van der Waals surface area contributed by atoms with E-state index in [9.17, 15) is 9.59 Å². The van der Waals surface area contributed by atoms with E-state index in [2.05, 4.69) is 26.0 Å². The number of hydrogen-bond donors (Lipinski definition) is 1. The molecule has 0 spiro atoms. The van der Waals surface area contributed by atoms with Crippen molar-refractivity contribution < 1.29 is 14.3 Å². The maximum atomic E-state index is 12.1. The first-order valence-corrected chi connectivity index (χ1v) is 7.49. The molecule has 0 atom stereocenters. The third kappa shape index (κ3) is 5.85. The van der Waals surface area contributed by atoms with Gasteiger partial charge in [0.05, 0.1) is 20.2 Å². The van der Waals surface area contributed by atoms with Crippen LogP contribution in [0.1, 0.15) is 19.4 Å². The molecule has 0 aliphatic heterocycles. The van der Waals surface area contributed by atoms with Gasteiger partial charge in [-0.2, -0.15) is 0 Å². The molecule has 0 saturated carbocycles. The van der Waals surface area contributed by atoms with E-state index in [-0.39, 0.29) is 31.0 Å². The number of nitrogens with zero attached hydrogens (tertiary/aromatic N) is 1. The summed E-state index contributed by atoms with van der Waals surface area (Å²) >= 11 is 3.38. The second-order valence-electron chi connectivity index (χ2n) is 5.08. The molecule has 0 radical (unpaired) electrons. The summed E-state index contributed by atoms with van der Waals surface area (Å²) in [7, 11) is 1.34. The molecule has 0 fully saturated rings. The average Bonchev–Trinajstić information content (AvgIpc) is 2.40. The van der Waals surface area contributed by atoms with E-state index in [1.165, 1.54) is 7.11 Å². The summed E-state index contributed by atoms with van der Waals surface area (Å²) in [6.45, 7) is 6.03. The molecule has 116 valence electrons. The number of methoxy groups -OCH3 is 1. The van der Waals surface area contributed by atoms with Gasteiger partial charge in [0.25, 0.3) is 0 Å². The molecule has 0 aromatic heterocycles. The zero-order chi connectivity index (χ0) is 16.0. The quantitative estimate of drug-likeness (QED) is 0.795. The minimum Gasteiger partial charge on any atom is -0.468 e. The molecule has 5 nitrogen and oxygen atoms in total. The van der Waals surface area contributed by atoms with Crippen molar-refractivity contribution in [3.8, 4) is 0 Å². The topological polar surface area (TPSA) is 58.6 Å². The highest BCUT2D eigenvalue weighted by Gasteiger charge is 2.18. The molecule has 1 aromatic carbocycles. The highest BCUT2D eigenvalue weighted by molar-refractivity contribution is 9.10. The fourth-order valence-electron chi connectivity index (χ4n) is 1.79. The van der Waals surface area contributed by atoms with E-state index in [1.54, 1.807) is 4.90 Å². The number of halogens is 1. The van der Waals surface area contributed by atoms with E-state index in [1.807, 2.05) is 39.0 Å². The van der Waals surface area contributed by atoms with Crippen LogP contribution in [-0.2, 0) is 14.3 Å². The van der Waals surface area contributed by atoms with E-state index in [0.29, 0.717) is 0 Å². The molecule has 0 aliphatic rings. The van der Waals surface area contributed by atoms with Gasteiger partial charge in [-0.25, -0.2) is 0 Å². The molecule has 0 saturated heterocycles. The van der Waals surface area contributed by atoms with Gasteiger partial charge < -0.3 is 10.1 Å². The van der Waals surface area contributed by atoms with Crippen molar-refractivity contribution in [2.75, 3.05) is 25.5 Å². The van der Waals surface area contributed by atoms with E-state index >= 15 is 0 Å². The molecule has 6 heteroatoms. The molecular weight excluding hydrogens is 336 g/mol. The van der Waals surface area contributed by atoms with Crippen LogP contribution in [0.15, 0.2) is 22.7 Å². The first-order valence-electron chi connectivity index (χ1n) is 6.70. The Balaban J connectivity index is 2.67. The van der Waals surface area contributed by atoms with Crippen LogP contribution in [0.25, 0.3) is 0 Å². The summed E-state index contributed by atoms with van der Waals surface area (Å²) < 4.78 is 5.61. The molecular formula is C15H21BrN2O3. The maximum absolute atomic E-state index is 12.1. The van der Waals surface area contributed by atoms with Gasteiger partial charge in [-0.05, 0) is 44.5 Å². The Labute approximate surface area is 133 Å². The number of carbonyl (C=O) groups is 2. The van der Waals surface area contributed by atoms with E-state index in [0.717, 1.165) is 15.7 Å². The number of hydrogen-bond acceptors (Lipinski definition) is 4. The summed E-state index contributed by atoms with van der Waals surface area (Å²) in [5.41, 5.74) is 1.74. The lowest BCUT2D eigenvalue weighted by Crippen LogP contribution is -2.41. The second-order valence-corrected chi connectivity index (χ2v) is 6.00. The van der Waals surface area contributed by atoms with Crippen LogP contribution in [-0.4, -0.2) is 43.0 Å². The van der Waals surface area contributed by atoms with E-state index < -0.39 is 0 Å². The van der Waals surface area contributed by atoms with Crippen LogP contribution in [0, 0.1) is 6.92 Å². The predicted octanol–water partition coefficient (Wildman–Crippen LogP) is 2.58. The Morgan fingerprint density at radius 1 is 1.33 bits per heavy atom. The summed E-state index contributed by atoms with van der Waals surface area (Å²) in [6.07, 6.45) is 0. The smallest absolute Gasteiger partial charge is 0.319 e. The standard InChI is InChI=1S/C15H21BrN2O3/c1-10(2)18(9-15(20)21-4)8-14(19)17-13-6-5-12(16)7-11(13)3/h5-7,10H,8-9H2,1-4H3,(H,17,19). The SMILES string of the molecule is COC(=O)CN(CC(=O)Nc1ccc(Br)cc1C)C(C)C. The van der Waals surface area contributed by atoms with Gasteiger partial charge in [0, 0.05) is 16.2 Å². The monoisotopic (exact) mass is 356 g/mol. The minimum absolute atomic E-state index is 0.0702. The Morgan fingerprint density at radius 2 is 2.00 bits per heavy atom. The Hall–Kier alpha value is -1.40. The second kappa shape index (κ2) is 8.14. The van der Waals surface area contributed by atoms with Gasteiger partial charge in [0.1, 0.15) is 0 Å². The third-order valence-corrected chi connectivity index (χ3v) is 3.59. The highest BCUT2D eigenvalue weighted by atomic mass is 79.9. The minimum atomic E-state index is -0.351. The molecule has 0 heterocycles. The van der Waals surface area contributed by atoms with Crippen molar-refractivity contribution in [3.63, 3.8) is 0 Å². The Morgan fingerprint density at radius 3 is 2.52 bits per heavy atom. The molecule has 1 amide bonds. The highest BCUT2D eigenvalue weighted by Crippen LogP contribution is 2.20. The lowest BCUT2D eigenvalue weighted by molar-refractivity contribution is -0.142. The molecule has 0 aliphatic carbocycles. The summed E-state index contributed by atoms with van der Waals surface area (Å²) in [4.78, 5) is 25.2. The summed E-state index contributed by atoms with van der Waals surface area (Å²) in [6, 6.07) is 5.72. The summed E-state index contributed by atoms with van der Waals surface area (Å²) in [5.74, 6) is -0.505. The number of rotatable bonds is 6.